The third-order valence-corrected chi connectivity index (χ3v) is 3.30. The fourth-order valence-electron chi connectivity index (χ4n) is 1.41. The van der Waals surface area contributed by atoms with Crippen molar-refractivity contribution in [3.8, 4) is 0 Å². The highest BCUT2D eigenvalue weighted by molar-refractivity contribution is 7.98. The van der Waals surface area contributed by atoms with Crippen molar-refractivity contribution in [1.29, 1.82) is 0 Å². The maximum atomic E-state index is 11.3. The highest BCUT2D eigenvalue weighted by Gasteiger charge is 2.06. The van der Waals surface area contributed by atoms with Gasteiger partial charge in [0.15, 0.2) is 5.16 Å². The second-order valence-electron chi connectivity index (χ2n) is 3.33. The van der Waals surface area contributed by atoms with Crippen molar-refractivity contribution in [1.82, 2.24) is 14.8 Å². The molecule has 0 saturated carbocycles. The normalized spacial score (nSPS) is 10.6. The Morgan fingerprint density at radius 3 is 2.81 bits per heavy atom. The van der Waals surface area contributed by atoms with E-state index >= 15 is 0 Å². The summed E-state index contributed by atoms with van der Waals surface area (Å²) in [5, 5.41) is 7.20. The van der Waals surface area contributed by atoms with Crippen LogP contribution in [0.1, 0.15) is 12.5 Å². The molecule has 1 aromatic carbocycles. The van der Waals surface area contributed by atoms with Crippen molar-refractivity contribution in [2.24, 2.45) is 0 Å². The average Bonchev–Trinajstić information content (AvgIpc) is 2.68. The Hall–Kier alpha value is -1.49. The highest BCUT2D eigenvalue weighted by atomic mass is 32.2. The quantitative estimate of drug-likeness (QED) is 0.823. The van der Waals surface area contributed by atoms with E-state index in [1.807, 2.05) is 25.1 Å². The zero-order valence-electron chi connectivity index (χ0n) is 9.01. The molecule has 1 heterocycles. The molecule has 0 spiro atoms. The molecule has 0 fully saturated rings. The SMILES string of the molecule is CCn1c(SCc2ccccc2)n[nH]c1=O. The zero-order valence-corrected chi connectivity index (χ0v) is 9.83. The number of rotatable bonds is 4. The first-order valence-electron chi connectivity index (χ1n) is 5.13. The first-order valence-corrected chi connectivity index (χ1v) is 6.11. The van der Waals surface area contributed by atoms with Gasteiger partial charge in [-0.15, -0.1) is 5.10 Å². The molecule has 4 nitrogen and oxygen atoms in total. The molecule has 2 rings (SSSR count). The molecule has 0 radical (unpaired) electrons. The molecule has 16 heavy (non-hydrogen) atoms. The van der Waals surface area contributed by atoms with Crippen LogP contribution in [-0.4, -0.2) is 14.8 Å². The topological polar surface area (TPSA) is 50.7 Å². The smallest absolute Gasteiger partial charge is 0.270 e. The van der Waals surface area contributed by atoms with E-state index in [0.717, 1.165) is 10.9 Å². The molecule has 84 valence electrons. The number of nitrogens with one attached hydrogen (secondary N) is 1. The van der Waals surface area contributed by atoms with E-state index in [0.29, 0.717) is 6.54 Å². The van der Waals surface area contributed by atoms with E-state index in [1.165, 1.54) is 5.56 Å². The summed E-state index contributed by atoms with van der Waals surface area (Å²) in [4.78, 5) is 11.3. The molecule has 0 aliphatic carbocycles. The molecule has 0 bridgehead atoms. The van der Waals surface area contributed by atoms with Gasteiger partial charge in [0.25, 0.3) is 0 Å². The van der Waals surface area contributed by atoms with E-state index in [-0.39, 0.29) is 5.69 Å². The fourth-order valence-corrected chi connectivity index (χ4v) is 2.38. The van der Waals surface area contributed by atoms with Gasteiger partial charge in [-0.05, 0) is 12.5 Å². The van der Waals surface area contributed by atoms with Gasteiger partial charge in [-0.3, -0.25) is 4.57 Å². The molecule has 1 aromatic heterocycles. The summed E-state index contributed by atoms with van der Waals surface area (Å²) in [6.07, 6.45) is 0. The number of hydrogen-bond acceptors (Lipinski definition) is 3. The molecule has 0 aliphatic rings. The molecule has 0 aliphatic heterocycles. The van der Waals surface area contributed by atoms with Crippen LogP contribution in [0.3, 0.4) is 0 Å². The van der Waals surface area contributed by atoms with Crippen LogP contribution < -0.4 is 5.69 Å². The number of nitrogens with zero attached hydrogens (tertiary/aromatic N) is 2. The summed E-state index contributed by atoms with van der Waals surface area (Å²) in [7, 11) is 0. The van der Waals surface area contributed by atoms with Gasteiger partial charge < -0.3 is 0 Å². The predicted molar refractivity (Wildman–Crippen MR) is 64.5 cm³/mol. The van der Waals surface area contributed by atoms with Crippen molar-refractivity contribution >= 4 is 11.8 Å². The fraction of sp³-hybridized carbons (Fsp3) is 0.273. The Labute approximate surface area is 97.7 Å². The van der Waals surface area contributed by atoms with Crippen molar-refractivity contribution in [2.45, 2.75) is 24.4 Å². The van der Waals surface area contributed by atoms with Gasteiger partial charge in [0, 0.05) is 12.3 Å². The van der Waals surface area contributed by atoms with Crippen LogP contribution in [0.25, 0.3) is 0 Å². The molecule has 1 N–H and O–H groups in total. The van der Waals surface area contributed by atoms with Crippen LogP contribution >= 0.6 is 11.8 Å². The van der Waals surface area contributed by atoms with Crippen molar-refractivity contribution in [3.63, 3.8) is 0 Å². The van der Waals surface area contributed by atoms with E-state index in [2.05, 4.69) is 22.3 Å². The first kappa shape index (κ1) is 11.0. The molecule has 5 heteroatoms. The molecular formula is C11H13N3OS. The highest BCUT2D eigenvalue weighted by Crippen LogP contribution is 2.18. The molecular weight excluding hydrogens is 222 g/mol. The number of benzene rings is 1. The van der Waals surface area contributed by atoms with Gasteiger partial charge in [0.05, 0.1) is 0 Å². The summed E-state index contributed by atoms with van der Waals surface area (Å²) in [6.45, 7) is 2.58. The monoisotopic (exact) mass is 235 g/mol. The predicted octanol–water partition coefficient (Wildman–Crippen LogP) is 1.88. The number of aromatic nitrogens is 3. The van der Waals surface area contributed by atoms with E-state index < -0.39 is 0 Å². The number of thioether (sulfide) groups is 1. The summed E-state index contributed by atoms with van der Waals surface area (Å²) < 4.78 is 1.63. The number of H-pyrrole nitrogens is 1. The lowest BCUT2D eigenvalue weighted by atomic mass is 10.2. The van der Waals surface area contributed by atoms with Gasteiger partial charge in [-0.2, -0.15) is 0 Å². The minimum Gasteiger partial charge on any atom is -0.270 e. The largest absolute Gasteiger partial charge is 0.343 e. The van der Waals surface area contributed by atoms with Gasteiger partial charge in [0.2, 0.25) is 0 Å². The number of aromatic amines is 1. The minimum absolute atomic E-state index is 0.141. The second kappa shape index (κ2) is 5.03. The maximum absolute atomic E-state index is 11.3. The third-order valence-electron chi connectivity index (χ3n) is 2.25. The third kappa shape index (κ3) is 2.36. The van der Waals surface area contributed by atoms with Crippen LogP contribution in [0.4, 0.5) is 0 Å². The lowest BCUT2D eigenvalue weighted by Crippen LogP contribution is -2.16. The Balaban J connectivity index is 2.08. The van der Waals surface area contributed by atoms with Gasteiger partial charge in [-0.1, -0.05) is 42.1 Å². The van der Waals surface area contributed by atoms with Crippen molar-refractivity contribution < 1.29 is 0 Å². The van der Waals surface area contributed by atoms with Gasteiger partial charge in [0.1, 0.15) is 0 Å². The van der Waals surface area contributed by atoms with E-state index in [1.54, 1.807) is 16.3 Å². The van der Waals surface area contributed by atoms with E-state index in [9.17, 15) is 4.79 Å². The summed E-state index contributed by atoms with van der Waals surface area (Å²) in [6, 6.07) is 10.1. The zero-order chi connectivity index (χ0) is 11.4. The Kier molecular flexibility index (Phi) is 3.46. The van der Waals surface area contributed by atoms with Crippen LogP contribution in [-0.2, 0) is 12.3 Å². The Morgan fingerprint density at radius 2 is 2.12 bits per heavy atom. The summed E-state index contributed by atoms with van der Waals surface area (Å²) in [5.41, 5.74) is 1.09. The van der Waals surface area contributed by atoms with E-state index in [4.69, 9.17) is 0 Å². The molecule has 0 atom stereocenters. The van der Waals surface area contributed by atoms with Crippen LogP contribution in [0, 0.1) is 0 Å². The second-order valence-corrected chi connectivity index (χ2v) is 4.27. The van der Waals surface area contributed by atoms with Gasteiger partial charge in [-0.25, -0.2) is 9.89 Å². The van der Waals surface area contributed by atoms with Crippen LogP contribution in [0.15, 0.2) is 40.3 Å². The minimum atomic E-state index is -0.141. The lowest BCUT2D eigenvalue weighted by molar-refractivity contribution is 0.660. The Bertz CT molecular complexity index is 503. The molecule has 0 amide bonds. The van der Waals surface area contributed by atoms with Gasteiger partial charge >= 0.3 is 5.69 Å². The summed E-state index contributed by atoms with van der Waals surface area (Å²) in [5.74, 6) is 0.825. The van der Waals surface area contributed by atoms with Crippen molar-refractivity contribution in [2.75, 3.05) is 0 Å². The Morgan fingerprint density at radius 1 is 1.38 bits per heavy atom. The molecule has 0 saturated heterocycles. The average molecular weight is 235 g/mol. The number of hydrogen-bond donors (Lipinski definition) is 1. The van der Waals surface area contributed by atoms with Crippen LogP contribution in [0.2, 0.25) is 0 Å². The molecule has 0 unspecified atom stereocenters. The lowest BCUT2D eigenvalue weighted by Gasteiger charge is -2.01. The van der Waals surface area contributed by atoms with Crippen molar-refractivity contribution in [3.05, 3.63) is 46.4 Å². The molecule has 2 aromatic rings. The summed E-state index contributed by atoms with van der Waals surface area (Å²) >= 11 is 1.57. The van der Waals surface area contributed by atoms with Crippen LogP contribution in [0.5, 0.6) is 0 Å². The standard InChI is InChI=1S/C11H13N3OS/c1-2-14-10(15)12-13-11(14)16-8-9-6-4-3-5-7-9/h3-7H,2,8H2,1H3,(H,12,15). The maximum Gasteiger partial charge on any atom is 0.343 e. The first-order chi connectivity index (χ1) is 7.81.